The van der Waals surface area contributed by atoms with E-state index in [0.717, 1.165) is 32.5 Å². The molecule has 0 unspecified atom stereocenters. The van der Waals surface area contributed by atoms with Crippen molar-refractivity contribution in [2.45, 2.75) is 45.8 Å². The van der Waals surface area contributed by atoms with E-state index >= 15 is 0 Å². The molecule has 0 saturated carbocycles. The lowest BCUT2D eigenvalue weighted by Crippen LogP contribution is -2.39. The van der Waals surface area contributed by atoms with Gasteiger partial charge in [0.05, 0.1) is 29.8 Å². The van der Waals surface area contributed by atoms with Crippen LogP contribution in [0, 0.1) is 0 Å². The molecule has 0 atom stereocenters. The Morgan fingerprint density at radius 3 is 2.65 bits per heavy atom. The van der Waals surface area contributed by atoms with E-state index in [1.165, 1.54) is 11.3 Å². The SMILES string of the molecule is COc1ccc(-c2csc3/c2=N\C(Cl)=C/CC/C=3N(Cc2ccco2)C(=O)OC(C)(C)C)cc1. The fraction of sp³-hybridized carbons (Fsp3) is 0.308. The smallest absolute Gasteiger partial charge is 0.415 e. The van der Waals surface area contributed by atoms with E-state index in [-0.39, 0.29) is 6.54 Å². The quantitative estimate of drug-likeness (QED) is 0.401. The Morgan fingerprint density at radius 2 is 2.00 bits per heavy atom. The number of nitrogens with zero attached hydrogens (tertiary/aromatic N) is 2. The number of furan rings is 1. The van der Waals surface area contributed by atoms with Crippen molar-refractivity contribution >= 4 is 34.7 Å². The molecule has 0 spiro atoms. The maximum absolute atomic E-state index is 13.4. The van der Waals surface area contributed by atoms with Gasteiger partial charge in [-0.1, -0.05) is 23.7 Å². The molecule has 6 nitrogen and oxygen atoms in total. The molecule has 2 aromatic heterocycles. The Morgan fingerprint density at radius 1 is 1.24 bits per heavy atom. The van der Waals surface area contributed by atoms with Gasteiger partial charge in [-0.25, -0.2) is 9.79 Å². The van der Waals surface area contributed by atoms with E-state index in [1.807, 2.05) is 68.6 Å². The number of methoxy groups -OCH3 is 1. The van der Waals surface area contributed by atoms with Gasteiger partial charge < -0.3 is 13.9 Å². The molecule has 4 rings (SSSR count). The first-order valence-corrected chi connectivity index (χ1v) is 12.2. The predicted molar refractivity (Wildman–Crippen MR) is 134 cm³/mol. The summed E-state index contributed by atoms with van der Waals surface area (Å²) >= 11 is 7.96. The number of amides is 1. The van der Waals surface area contributed by atoms with Crippen molar-refractivity contribution in [3.05, 3.63) is 74.9 Å². The minimum Gasteiger partial charge on any atom is -0.497 e. The van der Waals surface area contributed by atoms with Crippen LogP contribution in [0.5, 0.6) is 5.75 Å². The van der Waals surface area contributed by atoms with Gasteiger partial charge in [-0.15, -0.1) is 11.3 Å². The largest absolute Gasteiger partial charge is 0.497 e. The first-order valence-electron chi connectivity index (χ1n) is 11.0. The van der Waals surface area contributed by atoms with E-state index in [0.29, 0.717) is 23.8 Å². The zero-order valence-electron chi connectivity index (χ0n) is 19.6. The zero-order valence-corrected chi connectivity index (χ0v) is 21.2. The second-order valence-corrected chi connectivity index (χ2v) is 10.1. The summed E-state index contributed by atoms with van der Waals surface area (Å²) in [7, 11) is 1.64. The fourth-order valence-electron chi connectivity index (χ4n) is 3.64. The number of carbonyl (C=O) groups is 1. The highest BCUT2D eigenvalue weighted by Gasteiger charge is 2.27. The first-order chi connectivity index (χ1) is 16.2. The van der Waals surface area contributed by atoms with Crippen molar-refractivity contribution in [2.24, 2.45) is 4.99 Å². The van der Waals surface area contributed by atoms with E-state index in [9.17, 15) is 4.79 Å². The topological polar surface area (TPSA) is 64.3 Å². The highest BCUT2D eigenvalue weighted by molar-refractivity contribution is 7.08. The average molecular weight is 499 g/mol. The molecule has 0 bridgehead atoms. The third-order valence-electron chi connectivity index (χ3n) is 5.17. The summed E-state index contributed by atoms with van der Waals surface area (Å²) in [6.45, 7) is 5.82. The molecule has 0 saturated heterocycles. The average Bonchev–Trinajstić information content (AvgIpc) is 3.43. The van der Waals surface area contributed by atoms with Gasteiger partial charge in [0.25, 0.3) is 0 Å². The minimum absolute atomic E-state index is 0.254. The summed E-state index contributed by atoms with van der Waals surface area (Å²) < 4.78 is 17.5. The summed E-state index contributed by atoms with van der Waals surface area (Å²) in [5, 5.41) is 3.22. The molecule has 0 N–H and O–H groups in total. The number of hydrogen-bond acceptors (Lipinski definition) is 6. The van der Waals surface area contributed by atoms with Gasteiger partial charge in [-0.3, -0.25) is 4.90 Å². The minimum atomic E-state index is -0.638. The van der Waals surface area contributed by atoms with E-state index in [4.69, 9.17) is 30.5 Å². The Hall–Kier alpha value is -3.03. The summed E-state index contributed by atoms with van der Waals surface area (Å²) in [6, 6.07) is 11.5. The van der Waals surface area contributed by atoms with Crippen molar-refractivity contribution in [2.75, 3.05) is 7.11 Å². The standard InChI is InChI=1S/C26H27ClN2O4S/c1-26(2,3)33-25(30)29(15-19-7-6-14-32-19)21-8-5-9-22(27)28-23-20(16-34-24(21)23)17-10-12-18(31-4)13-11-17/h6-7,9-14,16H,5,8,15H2,1-4H3/b22-9-,24-21+,28-23-. The lowest BCUT2D eigenvalue weighted by Gasteiger charge is -2.28. The number of rotatable bonds is 5. The van der Waals surface area contributed by atoms with Crippen LogP contribution in [0.25, 0.3) is 16.8 Å². The Labute approximate surface area is 207 Å². The van der Waals surface area contributed by atoms with Crippen molar-refractivity contribution in [3.8, 4) is 16.9 Å². The number of benzene rings is 1. The summed E-state index contributed by atoms with van der Waals surface area (Å²) in [4.78, 5) is 19.7. The number of carbonyl (C=O) groups excluding carboxylic acids is 1. The van der Waals surface area contributed by atoms with Crippen molar-refractivity contribution in [3.63, 3.8) is 0 Å². The maximum atomic E-state index is 13.4. The Bertz CT molecular complexity index is 1300. The Balaban J connectivity index is 1.90. The van der Waals surface area contributed by atoms with Crippen molar-refractivity contribution < 1.29 is 18.7 Å². The predicted octanol–water partition coefficient (Wildman–Crippen LogP) is 6.06. The van der Waals surface area contributed by atoms with E-state index in [2.05, 4.69) is 0 Å². The first kappa shape index (κ1) is 24.1. The molecule has 1 aliphatic rings. The highest BCUT2D eigenvalue weighted by atomic mass is 35.5. The molecule has 1 aromatic carbocycles. The molecule has 3 aromatic rings. The van der Waals surface area contributed by atoms with E-state index < -0.39 is 11.7 Å². The van der Waals surface area contributed by atoms with Crippen LogP contribution >= 0.6 is 22.9 Å². The van der Waals surface area contributed by atoms with Gasteiger partial charge in [0.2, 0.25) is 0 Å². The number of fused-ring (bicyclic) bond motifs is 1. The monoisotopic (exact) mass is 498 g/mol. The van der Waals surface area contributed by atoms with Crippen molar-refractivity contribution in [1.82, 2.24) is 4.90 Å². The molecule has 178 valence electrons. The second-order valence-electron chi connectivity index (χ2n) is 8.83. The molecule has 0 aliphatic carbocycles. The van der Waals surface area contributed by atoms with Crippen LogP contribution in [0.2, 0.25) is 0 Å². The van der Waals surface area contributed by atoms with Crippen LogP contribution in [0.4, 0.5) is 4.79 Å². The van der Waals surface area contributed by atoms with Gasteiger partial charge in [-0.05, 0) is 69.5 Å². The number of thiophene rings is 1. The maximum Gasteiger partial charge on any atom is 0.415 e. The highest BCUT2D eigenvalue weighted by Crippen LogP contribution is 2.25. The van der Waals surface area contributed by atoms with Crippen molar-refractivity contribution in [1.29, 1.82) is 0 Å². The second kappa shape index (κ2) is 10.1. The van der Waals surface area contributed by atoms with Crippen LogP contribution in [-0.4, -0.2) is 23.7 Å². The molecule has 8 heteroatoms. The molecule has 1 amide bonds. The van der Waals surface area contributed by atoms with Gasteiger partial charge >= 0.3 is 6.09 Å². The molecule has 0 radical (unpaired) electrons. The van der Waals surface area contributed by atoms with Gasteiger partial charge in [-0.2, -0.15) is 0 Å². The van der Waals surface area contributed by atoms with E-state index in [1.54, 1.807) is 18.3 Å². The molecular weight excluding hydrogens is 472 g/mol. The van der Waals surface area contributed by atoms with Crippen LogP contribution < -0.4 is 14.6 Å². The summed E-state index contributed by atoms with van der Waals surface area (Å²) in [5.74, 6) is 1.44. The van der Waals surface area contributed by atoms with Crippen LogP contribution in [0.15, 0.2) is 68.7 Å². The lowest BCUT2D eigenvalue weighted by atomic mass is 10.1. The Kier molecular flexibility index (Phi) is 7.14. The molecule has 34 heavy (non-hydrogen) atoms. The number of hydrogen-bond donors (Lipinski definition) is 0. The lowest BCUT2D eigenvalue weighted by molar-refractivity contribution is 0.0326. The molecule has 0 fully saturated rings. The third-order valence-corrected chi connectivity index (χ3v) is 6.43. The zero-order chi connectivity index (χ0) is 24.3. The third kappa shape index (κ3) is 5.54. The van der Waals surface area contributed by atoms with Crippen LogP contribution in [-0.2, 0) is 11.3 Å². The van der Waals surface area contributed by atoms with Crippen LogP contribution in [0.1, 0.15) is 39.4 Å². The van der Waals surface area contributed by atoms with Gasteiger partial charge in [0, 0.05) is 16.6 Å². The normalized spacial score (nSPS) is 17.9. The van der Waals surface area contributed by atoms with Gasteiger partial charge in [0.15, 0.2) is 0 Å². The molecular formula is C26H27ClN2O4S. The van der Waals surface area contributed by atoms with Gasteiger partial charge in [0.1, 0.15) is 22.3 Å². The summed E-state index contributed by atoms with van der Waals surface area (Å²) in [6.07, 6.45) is 4.28. The molecule has 1 aliphatic heterocycles. The molecule has 3 heterocycles. The van der Waals surface area contributed by atoms with Crippen LogP contribution in [0.3, 0.4) is 0 Å². The number of allylic oxidation sites excluding steroid dienone is 1. The number of halogens is 1. The summed E-state index contributed by atoms with van der Waals surface area (Å²) in [5.41, 5.74) is 2.12. The number of ether oxygens (including phenoxy) is 2. The fourth-order valence-corrected chi connectivity index (χ4v) is 4.93.